The Morgan fingerprint density at radius 3 is 2.91 bits per heavy atom. The van der Waals surface area contributed by atoms with Crippen molar-refractivity contribution in [1.29, 1.82) is 0 Å². The highest BCUT2D eigenvalue weighted by Crippen LogP contribution is 2.35. The van der Waals surface area contributed by atoms with Gasteiger partial charge < -0.3 is 13.7 Å². The lowest BCUT2D eigenvalue weighted by molar-refractivity contribution is 0.0736. The third-order valence-electron chi connectivity index (χ3n) is 4.13. The van der Waals surface area contributed by atoms with Crippen LogP contribution in [0.25, 0.3) is 11.0 Å². The molecule has 3 heterocycles. The number of rotatable bonds is 2. The van der Waals surface area contributed by atoms with Crippen LogP contribution < -0.4 is 0 Å². The van der Waals surface area contributed by atoms with Crippen molar-refractivity contribution < 1.29 is 13.6 Å². The fourth-order valence-electron chi connectivity index (χ4n) is 2.92. The molecule has 2 aromatic heterocycles. The number of para-hydroxylation sites is 1. The van der Waals surface area contributed by atoms with Gasteiger partial charge in [0.25, 0.3) is 5.91 Å². The quantitative estimate of drug-likeness (QED) is 0.702. The van der Waals surface area contributed by atoms with Crippen molar-refractivity contribution in [2.24, 2.45) is 0 Å². The van der Waals surface area contributed by atoms with Gasteiger partial charge in [-0.15, -0.1) is 11.8 Å². The summed E-state index contributed by atoms with van der Waals surface area (Å²) in [5.74, 6) is 2.29. The fraction of sp³-hybridized carbons (Fsp3) is 0.278. The Balaban J connectivity index is 1.50. The van der Waals surface area contributed by atoms with Crippen LogP contribution >= 0.6 is 11.8 Å². The number of carbonyl (C=O) groups is 1. The Kier molecular flexibility index (Phi) is 3.87. The van der Waals surface area contributed by atoms with Gasteiger partial charge in [-0.1, -0.05) is 18.2 Å². The highest BCUT2D eigenvalue weighted by molar-refractivity contribution is 7.99. The maximum atomic E-state index is 12.7. The molecule has 1 atom stereocenters. The number of amides is 1. The first-order valence-corrected chi connectivity index (χ1v) is 8.79. The first-order chi connectivity index (χ1) is 11.3. The van der Waals surface area contributed by atoms with Crippen molar-refractivity contribution in [3.05, 3.63) is 60.2 Å². The van der Waals surface area contributed by atoms with Crippen LogP contribution in [0.3, 0.4) is 0 Å². The molecule has 0 N–H and O–H groups in total. The average Bonchev–Trinajstić information content (AvgIpc) is 3.19. The van der Waals surface area contributed by atoms with Crippen molar-refractivity contribution in [2.45, 2.75) is 11.7 Å². The molecule has 23 heavy (non-hydrogen) atoms. The maximum absolute atomic E-state index is 12.7. The van der Waals surface area contributed by atoms with Crippen LogP contribution in [-0.4, -0.2) is 29.6 Å². The standard InChI is InChI=1S/C18H17NO3S/c20-18(16-12-13-4-1-2-5-14(13)22-16)19-8-7-17(23-11-9-19)15-6-3-10-21-15/h1-6,10,12,17H,7-9,11H2. The Bertz CT molecular complexity index is 776. The maximum Gasteiger partial charge on any atom is 0.289 e. The summed E-state index contributed by atoms with van der Waals surface area (Å²) in [6.45, 7) is 1.45. The molecule has 0 saturated carbocycles. The number of carbonyl (C=O) groups excluding carboxylic acids is 1. The van der Waals surface area contributed by atoms with Gasteiger partial charge in [0.15, 0.2) is 5.76 Å². The number of fused-ring (bicyclic) bond motifs is 1. The second kappa shape index (κ2) is 6.16. The Labute approximate surface area is 138 Å². The van der Waals surface area contributed by atoms with E-state index in [-0.39, 0.29) is 5.91 Å². The molecular formula is C18H17NO3S. The largest absolute Gasteiger partial charge is 0.468 e. The SMILES string of the molecule is O=C(c1cc2ccccc2o1)N1CCSC(c2ccco2)CC1. The van der Waals surface area contributed by atoms with E-state index in [4.69, 9.17) is 8.83 Å². The summed E-state index contributed by atoms with van der Waals surface area (Å²) in [6, 6.07) is 13.5. The van der Waals surface area contributed by atoms with Gasteiger partial charge in [-0.3, -0.25) is 4.79 Å². The normalized spacial score (nSPS) is 19.0. The van der Waals surface area contributed by atoms with E-state index in [1.54, 1.807) is 6.26 Å². The molecule has 4 rings (SSSR count). The van der Waals surface area contributed by atoms with Gasteiger partial charge in [-0.25, -0.2) is 0 Å². The molecule has 0 bridgehead atoms. The Hall–Kier alpha value is -2.14. The predicted octanol–water partition coefficient (Wildman–Crippen LogP) is 4.35. The Morgan fingerprint density at radius 1 is 1.17 bits per heavy atom. The van der Waals surface area contributed by atoms with Gasteiger partial charge in [0.2, 0.25) is 0 Å². The molecular weight excluding hydrogens is 310 g/mol. The van der Waals surface area contributed by atoms with Gasteiger partial charge >= 0.3 is 0 Å². The summed E-state index contributed by atoms with van der Waals surface area (Å²) >= 11 is 1.84. The molecule has 3 aromatic rings. The second-order valence-electron chi connectivity index (χ2n) is 5.60. The summed E-state index contributed by atoms with van der Waals surface area (Å²) in [7, 11) is 0. The predicted molar refractivity (Wildman–Crippen MR) is 90.6 cm³/mol. The molecule has 1 fully saturated rings. The van der Waals surface area contributed by atoms with Crippen LogP contribution in [0, 0.1) is 0 Å². The molecule has 0 aliphatic carbocycles. The highest BCUT2D eigenvalue weighted by atomic mass is 32.2. The smallest absolute Gasteiger partial charge is 0.289 e. The summed E-state index contributed by atoms with van der Waals surface area (Å²) in [5.41, 5.74) is 0.758. The van der Waals surface area contributed by atoms with E-state index < -0.39 is 0 Å². The van der Waals surface area contributed by atoms with E-state index in [9.17, 15) is 4.79 Å². The first-order valence-electron chi connectivity index (χ1n) is 7.74. The lowest BCUT2D eigenvalue weighted by atomic mass is 10.2. The van der Waals surface area contributed by atoms with Gasteiger partial charge in [0, 0.05) is 24.2 Å². The number of nitrogens with zero attached hydrogens (tertiary/aromatic N) is 1. The van der Waals surface area contributed by atoms with Crippen LogP contribution in [0.2, 0.25) is 0 Å². The van der Waals surface area contributed by atoms with Crippen molar-refractivity contribution in [3.63, 3.8) is 0 Å². The molecule has 1 aliphatic rings. The van der Waals surface area contributed by atoms with Crippen molar-refractivity contribution in [1.82, 2.24) is 4.90 Å². The van der Waals surface area contributed by atoms with Crippen LogP contribution in [0.5, 0.6) is 0 Å². The third kappa shape index (κ3) is 2.88. The molecule has 1 unspecified atom stereocenters. The molecule has 4 nitrogen and oxygen atoms in total. The molecule has 1 aliphatic heterocycles. The monoisotopic (exact) mass is 327 g/mol. The number of thioether (sulfide) groups is 1. The lowest BCUT2D eigenvalue weighted by Gasteiger charge is -2.18. The second-order valence-corrected chi connectivity index (χ2v) is 6.91. The van der Waals surface area contributed by atoms with Crippen LogP contribution in [0.1, 0.15) is 28.0 Å². The number of hydrogen-bond acceptors (Lipinski definition) is 4. The van der Waals surface area contributed by atoms with E-state index in [0.29, 0.717) is 17.6 Å². The minimum Gasteiger partial charge on any atom is -0.468 e. The van der Waals surface area contributed by atoms with Crippen molar-refractivity contribution in [2.75, 3.05) is 18.8 Å². The lowest BCUT2D eigenvalue weighted by Crippen LogP contribution is -2.32. The van der Waals surface area contributed by atoms with Gasteiger partial charge in [-0.2, -0.15) is 0 Å². The van der Waals surface area contributed by atoms with E-state index in [1.807, 2.05) is 59.1 Å². The zero-order chi connectivity index (χ0) is 15.6. The molecule has 1 saturated heterocycles. The van der Waals surface area contributed by atoms with Crippen molar-refractivity contribution in [3.8, 4) is 0 Å². The number of benzene rings is 1. The topological polar surface area (TPSA) is 46.6 Å². The van der Waals surface area contributed by atoms with Gasteiger partial charge in [0.1, 0.15) is 11.3 Å². The van der Waals surface area contributed by atoms with Gasteiger partial charge in [0.05, 0.1) is 11.5 Å². The minimum atomic E-state index is -0.0260. The molecule has 0 radical (unpaired) electrons. The highest BCUT2D eigenvalue weighted by Gasteiger charge is 2.25. The van der Waals surface area contributed by atoms with E-state index in [2.05, 4.69) is 0 Å². The van der Waals surface area contributed by atoms with E-state index in [0.717, 1.165) is 35.4 Å². The van der Waals surface area contributed by atoms with E-state index in [1.165, 1.54) is 0 Å². The fourth-order valence-corrected chi connectivity index (χ4v) is 4.10. The number of furan rings is 2. The summed E-state index contributed by atoms with van der Waals surface area (Å²) in [5, 5.41) is 1.28. The third-order valence-corrected chi connectivity index (χ3v) is 5.41. The Morgan fingerprint density at radius 2 is 2.09 bits per heavy atom. The van der Waals surface area contributed by atoms with Crippen molar-refractivity contribution >= 4 is 28.6 Å². The first kappa shape index (κ1) is 14.5. The zero-order valence-corrected chi connectivity index (χ0v) is 13.4. The molecule has 118 valence electrons. The molecule has 1 aromatic carbocycles. The van der Waals surface area contributed by atoms with Crippen LogP contribution in [0.15, 0.2) is 57.6 Å². The minimum absolute atomic E-state index is 0.0260. The molecule has 5 heteroatoms. The summed E-state index contributed by atoms with van der Waals surface area (Å²) in [6.07, 6.45) is 2.60. The average molecular weight is 327 g/mol. The van der Waals surface area contributed by atoms with Crippen LogP contribution in [-0.2, 0) is 0 Å². The summed E-state index contributed by atoms with van der Waals surface area (Å²) < 4.78 is 11.2. The molecule has 1 amide bonds. The zero-order valence-electron chi connectivity index (χ0n) is 12.6. The summed E-state index contributed by atoms with van der Waals surface area (Å²) in [4.78, 5) is 14.6. The van der Waals surface area contributed by atoms with Crippen LogP contribution in [0.4, 0.5) is 0 Å². The number of hydrogen-bond donors (Lipinski definition) is 0. The van der Waals surface area contributed by atoms with E-state index >= 15 is 0 Å². The van der Waals surface area contributed by atoms with Gasteiger partial charge in [-0.05, 0) is 30.7 Å². The molecule has 0 spiro atoms.